The summed E-state index contributed by atoms with van der Waals surface area (Å²) < 4.78 is 27.8. The van der Waals surface area contributed by atoms with Crippen LogP contribution in [0.2, 0.25) is 0 Å². The van der Waals surface area contributed by atoms with Gasteiger partial charge in [0, 0.05) is 5.41 Å². The second-order valence-electron chi connectivity index (χ2n) is 2.78. The van der Waals surface area contributed by atoms with Crippen LogP contribution in [0.3, 0.4) is 0 Å². The van der Waals surface area contributed by atoms with Crippen molar-refractivity contribution >= 4 is 15.5 Å². The molecule has 0 aliphatic carbocycles. The molecular formula is C9H9NO5S. The molecule has 0 spiro atoms. The summed E-state index contributed by atoms with van der Waals surface area (Å²) in [4.78, 5) is 9.57. The lowest BCUT2D eigenvalue weighted by Crippen LogP contribution is -2.03. The Morgan fingerprint density at radius 2 is 2.12 bits per heavy atom. The highest BCUT2D eigenvalue weighted by atomic mass is 32.2. The van der Waals surface area contributed by atoms with E-state index in [1.165, 1.54) is 19.2 Å². The topological polar surface area (TPSA) is 86.5 Å². The molecule has 6 nitrogen and oxygen atoms in total. The zero-order chi connectivity index (χ0) is 12.3. The minimum Gasteiger partial charge on any atom is -0.490 e. The van der Waals surface area contributed by atoms with E-state index < -0.39 is 25.3 Å². The maximum Gasteiger partial charge on any atom is 0.329 e. The third-order valence-corrected chi connectivity index (χ3v) is 3.27. The summed E-state index contributed by atoms with van der Waals surface area (Å²) in [6.45, 7) is 3.11. The Kier molecular flexibility index (Phi) is 3.28. The molecule has 0 aromatic heterocycles. The van der Waals surface area contributed by atoms with Crippen LogP contribution in [0.15, 0.2) is 35.1 Å². The van der Waals surface area contributed by atoms with Crippen molar-refractivity contribution < 1.29 is 18.1 Å². The zero-order valence-electron chi connectivity index (χ0n) is 8.41. The van der Waals surface area contributed by atoms with Crippen LogP contribution in [0.4, 0.5) is 5.69 Å². The molecule has 0 saturated heterocycles. The van der Waals surface area contributed by atoms with Gasteiger partial charge in [-0.05, 0) is 12.1 Å². The molecule has 86 valence electrons. The van der Waals surface area contributed by atoms with E-state index >= 15 is 0 Å². The number of nitrogens with zero attached hydrogens (tertiary/aromatic N) is 1. The van der Waals surface area contributed by atoms with Crippen LogP contribution in [0, 0.1) is 10.1 Å². The fraction of sp³-hybridized carbons (Fsp3) is 0.111. The summed E-state index contributed by atoms with van der Waals surface area (Å²) in [5, 5.41) is 11.5. The van der Waals surface area contributed by atoms with Crippen molar-refractivity contribution in [3.8, 4) is 5.75 Å². The lowest BCUT2D eigenvalue weighted by atomic mass is 10.3. The normalized spacial score (nSPS) is 10.8. The summed E-state index contributed by atoms with van der Waals surface area (Å²) in [7, 11) is -2.64. The number of benzene rings is 1. The Morgan fingerprint density at radius 3 is 2.56 bits per heavy atom. The standard InChI is InChI=1S/C9H9NO5S/c1-3-16(13,14)8-6-4-5-7(15-2)9(8)10(11)12/h3-6H,1H2,2H3. The Bertz CT molecular complexity index is 535. The molecule has 16 heavy (non-hydrogen) atoms. The van der Waals surface area contributed by atoms with Crippen molar-refractivity contribution in [2.24, 2.45) is 0 Å². The van der Waals surface area contributed by atoms with Gasteiger partial charge in [-0.3, -0.25) is 10.1 Å². The number of nitro benzene ring substituents is 1. The molecule has 0 radical (unpaired) electrons. The summed E-state index contributed by atoms with van der Waals surface area (Å²) in [6.07, 6.45) is 0. The Balaban J connectivity index is 3.64. The van der Waals surface area contributed by atoms with Crippen LogP contribution < -0.4 is 4.74 Å². The van der Waals surface area contributed by atoms with Gasteiger partial charge >= 0.3 is 5.69 Å². The van der Waals surface area contributed by atoms with E-state index in [1.54, 1.807) is 0 Å². The lowest BCUT2D eigenvalue weighted by molar-refractivity contribution is -0.388. The molecule has 1 rings (SSSR count). The highest BCUT2D eigenvalue weighted by Gasteiger charge is 2.27. The van der Waals surface area contributed by atoms with Gasteiger partial charge in [0.05, 0.1) is 12.0 Å². The molecule has 0 N–H and O–H groups in total. The van der Waals surface area contributed by atoms with Crippen molar-refractivity contribution in [2.75, 3.05) is 7.11 Å². The van der Waals surface area contributed by atoms with Gasteiger partial charge in [-0.1, -0.05) is 12.6 Å². The van der Waals surface area contributed by atoms with E-state index in [2.05, 4.69) is 6.58 Å². The molecule has 0 bridgehead atoms. The lowest BCUT2D eigenvalue weighted by Gasteiger charge is -2.05. The van der Waals surface area contributed by atoms with E-state index in [4.69, 9.17) is 4.74 Å². The van der Waals surface area contributed by atoms with E-state index in [0.29, 0.717) is 5.41 Å². The van der Waals surface area contributed by atoms with Gasteiger partial charge < -0.3 is 4.74 Å². The van der Waals surface area contributed by atoms with Gasteiger partial charge in [0.2, 0.25) is 9.84 Å². The summed E-state index contributed by atoms with van der Waals surface area (Å²) in [5.41, 5.74) is -0.579. The van der Waals surface area contributed by atoms with Crippen molar-refractivity contribution in [1.29, 1.82) is 0 Å². The molecule has 0 aliphatic rings. The molecule has 1 aromatic rings. The highest BCUT2D eigenvalue weighted by molar-refractivity contribution is 7.94. The summed E-state index contributed by atoms with van der Waals surface area (Å²) >= 11 is 0. The second kappa shape index (κ2) is 4.31. The first-order valence-corrected chi connectivity index (χ1v) is 5.67. The maximum absolute atomic E-state index is 11.5. The number of hydrogen-bond acceptors (Lipinski definition) is 5. The molecule has 0 atom stereocenters. The van der Waals surface area contributed by atoms with Gasteiger partial charge in [-0.25, -0.2) is 8.42 Å². The van der Waals surface area contributed by atoms with Crippen LogP contribution >= 0.6 is 0 Å². The van der Waals surface area contributed by atoms with Gasteiger partial charge in [-0.2, -0.15) is 0 Å². The predicted octanol–water partition coefficient (Wildman–Crippen LogP) is 1.52. The predicted molar refractivity (Wildman–Crippen MR) is 57.0 cm³/mol. The number of para-hydroxylation sites is 1. The van der Waals surface area contributed by atoms with Crippen molar-refractivity contribution in [2.45, 2.75) is 4.90 Å². The van der Waals surface area contributed by atoms with Gasteiger partial charge in [0.25, 0.3) is 0 Å². The number of hydrogen-bond donors (Lipinski definition) is 0. The zero-order valence-corrected chi connectivity index (χ0v) is 9.23. The summed E-state index contributed by atoms with van der Waals surface area (Å²) in [5.74, 6) is -0.104. The summed E-state index contributed by atoms with van der Waals surface area (Å²) in [6, 6.07) is 3.82. The van der Waals surface area contributed by atoms with Crippen LogP contribution in [0.5, 0.6) is 5.75 Å². The number of nitro groups is 1. The molecule has 0 saturated carbocycles. The third-order valence-electron chi connectivity index (χ3n) is 1.89. The van der Waals surface area contributed by atoms with E-state index in [9.17, 15) is 18.5 Å². The molecular weight excluding hydrogens is 234 g/mol. The highest BCUT2D eigenvalue weighted by Crippen LogP contribution is 2.34. The number of ether oxygens (including phenoxy) is 1. The van der Waals surface area contributed by atoms with E-state index in [0.717, 1.165) is 6.07 Å². The van der Waals surface area contributed by atoms with Crippen molar-refractivity contribution in [1.82, 2.24) is 0 Å². The maximum atomic E-state index is 11.5. The molecule has 0 unspecified atom stereocenters. The molecule has 0 amide bonds. The number of sulfone groups is 1. The van der Waals surface area contributed by atoms with Crippen molar-refractivity contribution in [3.63, 3.8) is 0 Å². The van der Waals surface area contributed by atoms with Crippen LogP contribution in [-0.2, 0) is 9.84 Å². The van der Waals surface area contributed by atoms with Gasteiger partial charge in [0.15, 0.2) is 10.6 Å². The smallest absolute Gasteiger partial charge is 0.329 e. The quantitative estimate of drug-likeness (QED) is 0.591. The van der Waals surface area contributed by atoms with Gasteiger partial charge in [-0.15, -0.1) is 0 Å². The fourth-order valence-corrected chi connectivity index (χ4v) is 2.06. The van der Waals surface area contributed by atoms with E-state index in [1.807, 2.05) is 0 Å². The van der Waals surface area contributed by atoms with Crippen molar-refractivity contribution in [3.05, 3.63) is 40.3 Å². The second-order valence-corrected chi connectivity index (χ2v) is 4.64. The number of methoxy groups -OCH3 is 1. The first-order valence-electron chi connectivity index (χ1n) is 4.13. The third kappa shape index (κ3) is 2.03. The first-order chi connectivity index (χ1) is 7.44. The van der Waals surface area contributed by atoms with Crippen LogP contribution in [0.1, 0.15) is 0 Å². The Hall–Kier alpha value is -1.89. The fourth-order valence-electron chi connectivity index (χ4n) is 1.17. The van der Waals surface area contributed by atoms with Crippen LogP contribution in [0.25, 0.3) is 0 Å². The van der Waals surface area contributed by atoms with E-state index in [-0.39, 0.29) is 5.75 Å². The average Bonchev–Trinajstić information content (AvgIpc) is 2.27. The number of rotatable bonds is 4. The molecule has 0 aliphatic heterocycles. The monoisotopic (exact) mass is 243 g/mol. The molecule has 7 heteroatoms. The SMILES string of the molecule is C=CS(=O)(=O)c1cccc(OC)c1[N+](=O)[O-]. The largest absolute Gasteiger partial charge is 0.490 e. The minimum absolute atomic E-state index is 0.104. The Morgan fingerprint density at radius 1 is 1.50 bits per heavy atom. The van der Waals surface area contributed by atoms with Crippen LogP contribution in [-0.4, -0.2) is 20.5 Å². The minimum atomic E-state index is -3.86. The van der Waals surface area contributed by atoms with Gasteiger partial charge in [0.1, 0.15) is 0 Å². The average molecular weight is 243 g/mol. The molecule has 0 fully saturated rings. The molecule has 1 aromatic carbocycles. The first kappa shape index (κ1) is 12.2. The Labute approximate surface area is 92.2 Å². The molecule has 0 heterocycles.